The van der Waals surface area contributed by atoms with E-state index in [4.69, 9.17) is 4.74 Å². The van der Waals surface area contributed by atoms with Crippen LogP contribution in [0.15, 0.2) is 48.7 Å². The molecule has 0 aliphatic heterocycles. The third kappa shape index (κ3) is 8.40. The standard InChI is InChI=1S/C26H38N4O2/c1-32-24-16-14-22(15-17-24)21-30(26(31)29-23-11-5-4-6-12-23)20-10-3-2-8-18-27-25-13-7-9-19-28-25/h7,9,13-17,19,23H,2-6,8,10-12,18,20-21H2,1H3,(H,27,28)(H,29,31). The molecule has 2 amide bonds. The first-order valence-electron chi connectivity index (χ1n) is 12.1. The molecule has 2 N–H and O–H groups in total. The summed E-state index contributed by atoms with van der Waals surface area (Å²) < 4.78 is 5.26. The van der Waals surface area contributed by atoms with E-state index in [2.05, 4.69) is 15.6 Å². The van der Waals surface area contributed by atoms with Crippen LogP contribution in [-0.2, 0) is 6.54 Å². The lowest BCUT2D eigenvalue weighted by Gasteiger charge is -2.28. The van der Waals surface area contributed by atoms with Crippen LogP contribution in [0.3, 0.4) is 0 Å². The lowest BCUT2D eigenvalue weighted by Crippen LogP contribution is -2.45. The molecule has 1 heterocycles. The summed E-state index contributed by atoms with van der Waals surface area (Å²) in [4.78, 5) is 19.3. The van der Waals surface area contributed by atoms with Crippen LogP contribution in [0.25, 0.3) is 0 Å². The average molecular weight is 439 g/mol. The second kappa shape index (κ2) is 13.6. The molecule has 1 aliphatic rings. The lowest BCUT2D eigenvalue weighted by atomic mass is 9.96. The number of nitrogens with zero attached hydrogens (tertiary/aromatic N) is 2. The fourth-order valence-corrected chi connectivity index (χ4v) is 4.18. The molecule has 1 aromatic heterocycles. The molecule has 0 radical (unpaired) electrons. The van der Waals surface area contributed by atoms with Crippen molar-refractivity contribution in [3.8, 4) is 5.75 Å². The van der Waals surface area contributed by atoms with E-state index in [1.54, 1.807) is 13.3 Å². The van der Waals surface area contributed by atoms with E-state index in [0.29, 0.717) is 12.6 Å². The van der Waals surface area contributed by atoms with Gasteiger partial charge in [-0.3, -0.25) is 0 Å². The van der Waals surface area contributed by atoms with Gasteiger partial charge in [0.25, 0.3) is 0 Å². The highest BCUT2D eigenvalue weighted by Gasteiger charge is 2.20. The molecule has 0 bridgehead atoms. The van der Waals surface area contributed by atoms with Gasteiger partial charge in [-0.15, -0.1) is 0 Å². The number of carbonyl (C=O) groups is 1. The molecule has 32 heavy (non-hydrogen) atoms. The van der Waals surface area contributed by atoms with Crippen LogP contribution >= 0.6 is 0 Å². The highest BCUT2D eigenvalue weighted by molar-refractivity contribution is 5.74. The van der Waals surface area contributed by atoms with E-state index >= 15 is 0 Å². The molecule has 1 saturated carbocycles. The zero-order valence-corrected chi connectivity index (χ0v) is 19.4. The highest BCUT2D eigenvalue weighted by atomic mass is 16.5. The van der Waals surface area contributed by atoms with E-state index in [1.807, 2.05) is 47.4 Å². The van der Waals surface area contributed by atoms with Crippen molar-refractivity contribution < 1.29 is 9.53 Å². The molecule has 0 saturated heterocycles. The molecule has 1 aliphatic carbocycles. The van der Waals surface area contributed by atoms with Gasteiger partial charge < -0.3 is 20.3 Å². The number of unbranched alkanes of at least 4 members (excludes halogenated alkanes) is 3. The molecule has 3 rings (SSSR count). The van der Waals surface area contributed by atoms with E-state index in [-0.39, 0.29) is 6.03 Å². The van der Waals surface area contributed by atoms with Gasteiger partial charge in [-0.05, 0) is 55.5 Å². The summed E-state index contributed by atoms with van der Waals surface area (Å²) in [5, 5.41) is 6.64. The number of anilines is 1. The van der Waals surface area contributed by atoms with E-state index in [0.717, 1.165) is 68.7 Å². The Kier molecular flexibility index (Phi) is 10.2. The molecule has 1 aromatic carbocycles. The third-order valence-electron chi connectivity index (χ3n) is 6.08. The summed E-state index contributed by atoms with van der Waals surface area (Å²) in [5.74, 6) is 1.77. The highest BCUT2D eigenvalue weighted by Crippen LogP contribution is 2.19. The number of amides is 2. The van der Waals surface area contributed by atoms with Crippen molar-refractivity contribution in [1.82, 2.24) is 15.2 Å². The first-order valence-corrected chi connectivity index (χ1v) is 12.1. The minimum atomic E-state index is 0.0736. The minimum absolute atomic E-state index is 0.0736. The van der Waals surface area contributed by atoms with E-state index in [1.165, 1.54) is 19.3 Å². The van der Waals surface area contributed by atoms with Gasteiger partial charge in [0.1, 0.15) is 11.6 Å². The Labute approximate surface area is 192 Å². The smallest absolute Gasteiger partial charge is 0.317 e. The fourth-order valence-electron chi connectivity index (χ4n) is 4.18. The summed E-state index contributed by atoms with van der Waals surface area (Å²) in [5.41, 5.74) is 1.13. The second-order valence-corrected chi connectivity index (χ2v) is 8.61. The molecule has 0 spiro atoms. The Balaban J connectivity index is 1.43. The van der Waals surface area contributed by atoms with Crippen molar-refractivity contribution in [1.29, 1.82) is 0 Å². The number of rotatable bonds is 12. The first-order chi connectivity index (χ1) is 15.7. The van der Waals surface area contributed by atoms with Crippen molar-refractivity contribution >= 4 is 11.8 Å². The summed E-state index contributed by atoms with van der Waals surface area (Å²) in [6.07, 6.45) is 12.1. The Morgan fingerprint density at radius 3 is 2.53 bits per heavy atom. The molecule has 0 atom stereocenters. The van der Waals surface area contributed by atoms with Gasteiger partial charge in [0.05, 0.1) is 7.11 Å². The van der Waals surface area contributed by atoms with Crippen LogP contribution in [-0.4, -0.2) is 42.2 Å². The number of aromatic nitrogens is 1. The summed E-state index contributed by atoms with van der Waals surface area (Å²) in [7, 11) is 1.67. The molecule has 174 valence electrons. The number of hydrogen-bond donors (Lipinski definition) is 2. The molecule has 6 nitrogen and oxygen atoms in total. The number of pyridine rings is 1. The number of methoxy groups -OCH3 is 1. The summed E-state index contributed by atoms with van der Waals surface area (Å²) >= 11 is 0. The van der Waals surface area contributed by atoms with Gasteiger partial charge in [-0.1, -0.05) is 50.3 Å². The predicted molar refractivity (Wildman–Crippen MR) is 130 cm³/mol. The van der Waals surface area contributed by atoms with Crippen LogP contribution in [0.5, 0.6) is 5.75 Å². The van der Waals surface area contributed by atoms with E-state index < -0.39 is 0 Å². The summed E-state index contributed by atoms with van der Waals surface area (Å²) in [6, 6.07) is 14.3. The Hall–Kier alpha value is -2.76. The van der Waals surface area contributed by atoms with E-state index in [9.17, 15) is 4.79 Å². The quantitative estimate of drug-likeness (QED) is 0.423. The Morgan fingerprint density at radius 2 is 1.81 bits per heavy atom. The molecule has 1 fully saturated rings. The molecular formula is C26H38N4O2. The molecular weight excluding hydrogens is 400 g/mol. The van der Waals surface area contributed by atoms with Crippen molar-refractivity contribution in [3.05, 3.63) is 54.2 Å². The van der Waals surface area contributed by atoms with Crippen LogP contribution in [0.2, 0.25) is 0 Å². The van der Waals surface area contributed by atoms with Gasteiger partial charge >= 0.3 is 6.03 Å². The topological polar surface area (TPSA) is 66.5 Å². The van der Waals surface area contributed by atoms with Crippen molar-refractivity contribution in [2.75, 3.05) is 25.5 Å². The number of ether oxygens (including phenoxy) is 1. The number of nitrogens with one attached hydrogen (secondary N) is 2. The average Bonchev–Trinajstić information content (AvgIpc) is 2.84. The zero-order valence-electron chi connectivity index (χ0n) is 19.4. The van der Waals surface area contributed by atoms with Crippen LogP contribution < -0.4 is 15.4 Å². The number of urea groups is 1. The SMILES string of the molecule is COc1ccc(CN(CCCCCCNc2ccccn2)C(=O)NC2CCCCC2)cc1. The van der Waals surface area contributed by atoms with Crippen LogP contribution in [0, 0.1) is 0 Å². The molecule has 0 unspecified atom stereocenters. The van der Waals surface area contributed by atoms with Gasteiger partial charge in [0, 0.05) is 31.9 Å². The third-order valence-corrected chi connectivity index (χ3v) is 6.08. The Morgan fingerprint density at radius 1 is 1.03 bits per heavy atom. The number of benzene rings is 1. The van der Waals surface area contributed by atoms with Gasteiger partial charge in [0.2, 0.25) is 0 Å². The normalized spacial score (nSPS) is 14.0. The predicted octanol–water partition coefficient (Wildman–Crippen LogP) is 5.61. The fraction of sp³-hybridized carbons (Fsp3) is 0.538. The number of carbonyl (C=O) groups excluding carboxylic acids is 1. The van der Waals surface area contributed by atoms with Gasteiger partial charge in [0.15, 0.2) is 0 Å². The second-order valence-electron chi connectivity index (χ2n) is 8.61. The zero-order chi connectivity index (χ0) is 22.4. The summed E-state index contributed by atoms with van der Waals surface area (Å²) in [6.45, 7) is 2.33. The minimum Gasteiger partial charge on any atom is -0.497 e. The Bertz CT molecular complexity index is 776. The molecule has 2 aromatic rings. The maximum atomic E-state index is 13.0. The van der Waals surface area contributed by atoms with Crippen molar-refractivity contribution in [2.24, 2.45) is 0 Å². The number of hydrogen-bond acceptors (Lipinski definition) is 4. The monoisotopic (exact) mass is 438 g/mol. The maximum absolute atomic E-state index is 13.0. The lowest BCUT2D eigenvalue weighted by molar-refractivity contribution is 0.186. The van der Waals surface area contributed by atoms with Crippen LogP contribution in [0.4, 0.5) is 10.6 Å². The first kappa shape index (κ1) is 23.9. The van der Waals surface area contributed by atoms with Crippen LogP contribution in [0.1, 0.15) is 63.4 Å². The van der Waals surface area contributed by atoms with Crippen molar-refractivity contribution in [2.45, 2.75) is 70.4 Å². The van der Waals surface area contributed by atoms with Crippen molar-refractivity contribution in [3.63, 3.8) is 0 Å². The largest absolute Gasteiger partial charge is 0.497 e. The maximum Gasteiger partial charge on any atom is 0.317 e. The van der Waals surface area contributed by atoms with Gasteiger partial charge in [-0.25, -0.2) is 9.78 Å². The molecule has 6 heteroatoms. The van der Waals surface area contributed by atoms with Gasteiger partial charge in [-0.2, -0.15) is 0 Å².